The maximum Gasteiger partial charge on any atom is 0.320 e. The van der Waals surface area contributed by atoms with E-state index >= 15 is 0 Å². The van der Waals surface area contributed by atoms with Gasteiger partial charge in [-0.05, 0) is 26.6 Å². The molecule has 0 spiro atoms. The van der Waals surface area contributed by atoms with Crippen LogP contribution in [0.4, 0.5) is 0 Å². The maximum atomic E-state index is 11.2. The van der Waals surface area contributed by atoms with Crippen LogP contribution >= 0.6 is 15.9 Å². The molecule has 88 valence electrons. The second kappa shape index (κ2) is 6.45. The van der Waals surface area contributed by atoms with Gasteiger partial charge in [0.15, 0.2) is 0 Å². The number of esters is 1. The van der Waals surface area contributed by atoms with E-state index < -0.39 is 0 Å². The molecule has 1 saturated heterocycles. The third-order valence-electron chi connectivity index (χ3n) is 2.69. The fourth-order valence-electron chi connectivity index (χ4n) is 1.71. The Morgan fingerprint density at radius 1 is 1.40 bits per heavy atom. The Hall–Kier alpha value is -0.130. The van der Waals surface area contributed by atoms with Crippen LogP contribution in [0.25, 0.3) is 0 Å². The minimum atomic E-state index is -0.203. The van der Waals surface area contributed by atoms with Crippen molar-refractivity contribution in [2.75, 3.05) is 46.9 Å². The van der Waals surface area contributed by atoms with Gasteiger partial charge in [-0.2, -0.15) is 0 Å². The highest BCUT2D eigenvalue weighted by molar-refractivity contribution is 9.10. The molecule has 0 radical (unpaired) electrons. The second-order valence-corrected chi connectivity index (χ2v) is 5.05. The first-order valence-electron chi connectivity index (χ1n) is 5.26. The van der Waals surface area contributed by atoms with E-state index in [9.17, 15) is 4.79 Å². The molecule has 0 aromatic carbocycles. The molecule has 1 heterocycles. The van der Waals surface area contributed by atoms with Crippen LogP contribution in [0.1, 0.15) is 6.42 Å². The van der Waals surface area contributed by atoms with E-state index in [2.05, 4.69) is 37.5 Å². The lowest BCUT2D eigenvalue weighted by Crippen LogP contribution is -2.36. The van der Waals surface area contributed by atoms with Crippen LogP contribution in [0.3, 0.4) is 0 Å². The summed E-state index contributed by atoms with van der Waals surface area (Å²) in [6.07, 6.45) is 1.16. The van der Waals surface area contributed by atoms with E-state index in [0.29, 0.717) is 0 Å². The molecule has 0 saturated carbocycles. The molecular weight excluding hydrogens is 260 g/mol. The summed E-state index contributed by atoms with van der Waals surface area (Å²) in [6, 6.07) is 0. The van der Waals surface area contributed by atoms with Gasteiger partial charge in [0.2, 0.25) is 0 Å². The number of halogens is 1. The average molecular weight is 279 g/mol. The Balaban J connectivity index is 2.34. The summed E-state index contributed by atoms with van der Waals surface area (Å²) >= 11 is 3.35. The van der Waals surface area contributed by atoms with Crippen LogP contribution in [0, 0.1) is 0 Å². The SMILES string of the molecule is COC(=O)C(Br)CN1CCCN(C)CC1. The summed E-state index contributed by atoms with van der Waals surface area (Å²) in [5, 5.41) is 0. The molecule has 0 aromatic rings. The zero-order chi connectivity index (χ0) is 11.3. The number of hydrogen-bond acceptors (Lipinski definition) is 4. The average Bonchev–Trinajstić information content (AvgIpc) is 2.42. The highest BCUT2D eigenvalue weighted by Crippen LogP contribution is 2.08. The summed E-state index contributed by atoms with van der Waals surface area (Å²) < 4.78 is 4.68. The number of rotatable bonds is 3. The zero-order valence-electron chi connectivity index (χ0n) is 9.41. The Kier molecular flexibility index (Phi) is 5.56. The normalized spacial score (nSPS) is 22.1. The highest BCUT2D eigenvalue weighted by atomic mass is 79.9. The fraction of sp³-hybridized carbons (Fsp3) is 0.900. The second-order valence-electron chi connectivity index (χ2n) is 3.95. The van der Waals surface area contributed by atoms with Gasteiger partial charge in [-0.3, -0.25) is 4.79 Å². The van der Waals surface area contributed by atoms with Gasteiger partial charge in [0.1, 0.15) is 4.83 Å². The molecule has 1 rings (SSSR count). The molecule has 0 amide bonds. The van der Waals surface area contributed by atoms with Gasteiger partial charge in [0, 0.05) is 19.6 Å². The van der Waals surface area contributed by atoms with Crippen LogP contribution in [0.2, 0.25) is 0 Å². The number of nitrogens with zero attached hydrogens (tertiary/aromatic N) is 2. The Bertz CT molecular complexity index is 214. The van der Waals surface area contributed by atoms with E-state index in [1.807, 2.05) is 0 Å². The number of alkyl halides is 1. The first kappa shape index (κ1) is 12.9. The molecular formula is C10H19BrN2O2. The van der Waals surface area contributed by atoms with Crippen molar-refractivity contribution < 1.29 is 9.53 Å². The molecule has 1 atom stereocenters. The number of carbonyl (C=O) groups is 1. The van der Waals surface area contributed by atoms with Crippen molar-refractivity contribution in [2.24, 2.45) is 0 Å². The molecule has 1 aliphatic rings. The predicted octanol–water partition coefficient (Wildman–Crippen LogP) is 0.560. The van der Waals surface area contributed by atoms with Crippen LogP contribution in [-0.2, 0) is 9.53 Å². The summed E-state index contributed by atoms with van der Waals surface area (Å²) in [7, 11) is 3.56. The van der Waals surface area contributed by atoms with Crippen molar-refractivity contribution in [3.8, 4) is 0 Å². The summed E-state index contributed by atoms with van der Waals surface area (Å²) in [4.78, 5) is 15.7. The van der Waals surface area contributed by atoms with Gasteiger partial charge in [-0.1, -0.05) is 15.9 Å². The maximum absolute atomic E-state index is 11.2. The lowest BCUT2D eigenvalue weighted by atomic mass is 10.3. The van der Waals surface area contributed by atoms with Gasteiger partial charge >= 0.3 is 5.97 Å². The molecule has 0 N–H and O–H groups in total. The number of hydrogen-bond donors (Lipinski definition) is 0. The number of carbonyl (C=O) groups excluding carboxylic acids is 1. The molecule has 1 unspecified atom stereocenters. The van der Waals surface area contributed by atoms with Crippen molar-refractivity contribution in [1.29, 1.82) is 0 Å². The van der Waals surface area contributed by atoms with Crippen molar-refractivity contribution in [1.82, 2.24) is 9.80 Å². The van der Waals surface area contributed by atoms with Crippen molar-refractivity contribution in [2.45, 2.75) is 11.2 Å². The van der Waals surface area contributed by atoms with Gasteiger partial charge in [-0.15, -0.1) is 0 Å². The molecule has 5 heteroatoms. The molecule has 4 nitrogen and oxygen atoms in total. The molecule has 1 aliphatic heterocycles. The predicted molar refractivity (Wildman–Crippen MR) is 63.3 cm³/mol. The van der Waals surface area contributed by atoms with Crippen LogP contribution < -0.4 is 0 Å². The zero-order valence-corrected chi connectivity index (χ0v) is 11.0. The van der Waals surface area contributed by atoms with E-state index in [1.54, 1.807) is 0 Å². The van der Waals surface area contributed by atoms with Crippen molar-refractivity contribution in [3.63, 3.8) is 0 Å². The van der Waals surface area contributed by atoms with E-state index in [1.165, 1.54) is 7.11 Å². The number of methoxy groups -OCH3 is 1. The minimum Gasteiger partial charge on any atom is -0.468 e. The largest absolute Gasteiger partial charge is 0.468 e. The lowest BCUT2D eigenvalue weighted by Gasteiger charge is -2.21. The number of likely N-dealkylation sites (N-methyl/N-ethyl adjacent to an activating group) is 1. The van der Waals surface area contributed by atoms with Gasteiger partial charge < -0.3 is 14.5 Å². The van der Waals surface area contributed by atoms with Crippen LogP contribution in [-0.4, -0.2) is 67.5 Å². The van der Waals surface area contributed by atoms with Gasteiger partial charge in [0.05, 0.1) is 7.11 Å². The van der Waals surface area contributed by atoms with E-state index in [0.717, 1.165) is 39.1 Å². The first-order chi connectivity index (χ1) is 7.13. The Morgan fingerprint density at radius 2 is 2.13 bits per heavy atom. The number of ether oxygens (including phenoxy) is 1. The van der Waals surface area contributed by atoms with E-state index in [-0.39, 0.29) is 10.8 Å². The fourth-order valence-corrected chi connectivity index (χ4v) is 2.31. The lowest BCUT2D eigenvalue weighted by molar-refractivity contribution is -0.140. The van der Waals surface area contributed by atoms with Gasteiger partial charge in [0.25, 0.3) is 0 Å². The highest BCUT2D eigenvalue weighted by Gasteiger charge is 2.20. The smallest absolute Gasteiger partial charge is 0.320 e. The van der Waals surface area contributed by atoms with Crippen LogP contribution in [0.5, 0.6) is 0 Å². The summed E-state index contributed by atoms with van der Waals surface area (Å²) in [5.41, 5.74) is 0. The Labute approximate surface area is 99.7 Å². The molecule has 0 aliphatic carbocycles. The van der Waals surface area contributed by atoms with E-state index in [4.69, 9.17) is 0 Å². The molecule has 0 bridgehead atoms. The monoisotopic (exact) mass is 278 g/mol. The quantitative estimate of drug-likeness (QED) is 0.558. The summed E-state index contributed by atoms with van der Waals surface area (Å²) in [5.74, 6) is -0.187. The summed E-state index contributed by atoms with van der Waals surface area (Å²) in [6.45, 7) is 5.03. The minimum absolute atomic E-state index is 0.187. The van der Waals surface area contributed by atoms with Crippen molar-refractivity contribution >= 4 is 21.9 Å². The molecule has 0 aromatic heterocycles. The topological polar surface area (TPSA) is 32.8 Å². The first-order valence-corrected chi connectivity index (χ1v) is 6.18. The van der Waals surface area contributed by atoms with Crippen molar-refractivity contribution in [3.05, 3.63) is 0 Å². The van der Waals surface area contributed by atoms with Gasteiger partial charge in [-0.25, -0.2) is 0 Å². The third kappa shape index (κ3) is 4.49. The Morgan fingerprint density at radius 3 is 2.80 bits per heavy atom. The molecule has 1 fully saturated rings. The molecule has 15 heavy (non-hydrogen) atoms. The standard InChI is InChI=1S/C10H19BrN2O2/c1-12-4-3-5-13(7-6-12)8-9(11)10(14)15-2/h9H,3-8H2,1-2H3. The van der Waals surface area contributed by atoms with Crippen LogP contribution in [0.15, 0.2) is 0 Å². The third-order valence-corrected chi connectivity index (χ3v) is 3.35.